The average molecular weight is 502 g/mol. The second-order valence-electron chi connectivity index (χ2n) is 7.24. The lowest BCUT2D eigenvalue weighted by Gasteiger charge is -2.19. The predicted molar refractivity (Wildman–Crippen MR) is 121 cm³/mol. The molecule has 3 rings (SSSR count). The molecule has 28 heavy (non-hydrogen) atoms. The maximum atomic E-state index is 12.3. The molecular weight excluding hydrogens is 471 g/mol. The van der Waals surface area contributed by atoms with E-state index >= 15 is 0 Å². The zero-order valence-corrected chi connectivity index (χ0v) is 18.7. The normalized spacial score (nSPS) is 20.6. The summed E-state index contributed by atoms with van der Waals surface area (Å²) in [5.41, 5.74) is 0.914. The van der Waals surface area contributed by atoms with Crippen molar-refractivity contribution < 1.29 is 14.6 Å². The Morgan fingerprint density at radius 3 is 2.79 bits per heavy atom. The van der Waals surface area contributed by atoms with Crippen LogP contribution in [0.5, 0.6) is 0 Å². The van der Waals surface area contributed by atoms with Crippen molar-refractivity contribution in [2.45, 2.75) is 38.3 Å². The van der Waals surface area contributed by atoms with Gasteiger partial charge in [0.25, 0.3) is 0 Å². The maximum Gasteiger partial charge on any atom is 0.229 e. The summed E-state index contributed by atoms with van der Waals surface area (Å²) in [7, 11) is 0. The number of aliphatic imine (C=N–C) groups is 1. The molecule has 1 amide bonds. The minimum absolute atomic E-state index is 0. The molecule has 2 atom stereocenters. The minimum Gasteiger partial charge on any atom is -0.389 e. The van der Waals surface area contributed by atoms with Gasteiger partial charge in [-0.2, -0.15) is 0 Å². The molecule has 1 aliphatic heterocycles. The topological polar surface area (TPSA) is 86.2 Å². The smallest absolute Gasteiger partial charge is 0.229 e. The van der Waals surface area contributed by atoms with E-state index in [0.717, 1.165) is 12.3 Å². The van der Waals surface area contributed by atoms with E-state index in [1.807, 2.05) is 37.3 Å². The Kier molecular flexibility index (Phi) is 9.46. The van der Waals surface area contributed by atoms with Gasteiger partial charge < -0.3 is 25.4 Å². The van der Waals surface area contributed by atoms with Crippen LogP contribution in [0.25, 0.3) is 0 Å². The summed E-state index contributed by atoms with van der Waals surface area (Å²) in [4.78, 5) is 18.6. The predicted octanol–water partition coefficient (Wildman–Crippen LogP) is 1.75. The number of anilines is 1. The number of nitrogens with zero attached hydrogens (tertiary/aromatic N) is 2. The van der Waals surface area contributed by atoms with Crippen LogP contribution in [0.2, 0.25) is 0 Å². The Hall–Kier alpha value is -1.39. The summed E-state index contributed by atoms with van der Waals surface area (Å²) in [6.07, 6.45) is 2.28. The third kappa shape index (κ3) is 7.21. The number of nitrogens with one attached hydrogen (secondary N) is 2. The highest BCUT2D eigenvalue weighted by Crippen LogP contribution is 2.28. The van der Waals surface area contributed by atoms with Crippen LogP contribution < -0.4 is 15.5 Å². The summed E-state index contributed by atoms with van der Waals surface area (Å²) < 4.78 is 5.51. The number of carbonyl (C=O) groups is 1. The molecule has 2 aliphatic rings. The van der Waals surface area contributed by atoms with Crippen LogP contribution in [0.15, 0.2) is 35.3 Å². The Balaban J connectivity index is 0.00000280. The Bertz CT molecular complexity index is 640. The monoisotopic (exact) mass is 502 g/mol. The second-order valence-corrected chi connectivity index (χ2v) is 7.24. The lowest BCUT2D eigenvalue weighted by molar-refractivity contribution is -0.117. The summed E-state index contributed by atoms with van der Waals surface area (Å²) >= 11 is 0. The third-order valence-corrected chi connectivity index (χ3v) is 4.70. The molecule has 156 valence electrons. The van der Waals surface area contributed by atoms with Gasteiger partial charge in [-0.15, -0.1) is 24.0 Å². The van der Waals surface area contributed by atoms with Gasteiger partial charge in [-0.25, -0.2) is 0 Å². The van der Waals surface area contributed by atoms with Crippen molar-refractivity contribution in [1.82, 2.24) is 10.6 Å². The van der Waals surface area contributed by atoms with Crippen molar-refractivity contribution in [1.29, 1.82) is 0 Å². The molecule has 0 radical (unpaired) electrons. The van der Waals surface area contributed by atoms with Gasteiger partial charge in [-0.1, -0.05) is 18.2 Å². The molecule has 7 nitrogen and oxygen atoms in total. The van der Waals surface area contributed by atoms with Gasteiger partial charge in [0, 0.05) is 31.8 Å². The molecule has 1 heterocycles. The van der Waals surface area contributed by atoms with E-state index in [1.54, 1.807) is 4.90 Å². The SMILES string of the molecule is CCNC(=NCC(O)COCC1CC1)NC1CC(=O)N(c2ccccc2)C1.I. The average Bonchev–Trinajstić information content (AvgIpc) is 3.42. The van der Waals surface area contributed by atoms with Gasteiger partial charge >= 0.3 is 0 Å². The molecule has 2 fully saturated rings. The molecule has 1 saturated heterocycles. The van der Waals surface area contributed by atoms with Crippen molar-refractivity contribution in [2.24, 2.45) is 10.9 Å². The first-order chi connectivity index (χ1) is 13.2. The zero-order valence-electron chi connectivity index (χ0n) is 16.3. The van der Waals surface area contributed by atoms with Crippen LogP contribution >= 0.6 is 24.0 Å². The number of guanidine groups is 1. The number of para-hydroxylation sites is 1. The standard InChI is InChI=1S/C20H30N4O3.HI/c1-2-21-20(22-11-18(25)14-27-13-15-8-9-15)23-16-10-19(26)24(12-16)17-6-4-3-5-7-17;/h3-7,15-16,18,25H,2,8-14H2,1H3,(H2,21,22,23);1H. The highest BCUT2D eigenvalue weighted by molar-refractivity contribution is 14.0. The fraction of sp³-hybridized carbons (Fsp3) is 0.600. The van der Waals surface area contributed by atoms with E-state index in [-0.39, 0.29) is 42.5 Å². The van der Waals surface area contributed by atoms with Crippen LogP contribution in [0.4, 0.5) is 5.69 Å². The van der Waals surface area contributed by atoms with E-state index in [9.17, 15) is 9.90 Å². The van der Waals surface area contributed by atoms with Crippen LogP contribution in [0.3, 0.4) is 0 Å². The molecule has 0 bridgehead atoms. The number of halogens is 1. The van der Waals surface area contributed by atoms with E-state index in [1.165, 1.54) is 12.8 Å². The molecule has 1 aromatic rings. The molecule has 1 aromatic carbocycles. The van der Waals surface area contributed by atoms with Gasteiger partial charge in [-0.05, 0) is 37.8 Å². The van der Waals surface area contributed by atoms with Crippen molar-refractivity contribution in [3.8, 4) is 0 Å². The fourth-order valence-electron chi connectivity index (χ4n) is 3.08. The molecule has 3 N–H and O–H groups in total. The highest BCUT2D eigenvalue weighted by Gasteiger charge is 2.31. The Morgan fingerprint density at radius 2 is 2.11 bits per heavy atom. The van der Waals surface area contributed by atoms with Gasteiger partial charge in [0.05, 0.1) is 25.3 Å². The zero-order chi connectivity index (χ0) is 19.1. The first-order valence-electron chi connectivity index (χ1n) is 9.81. The summed E-state index contributed by atoms with van der Waals surface area (Å²) in [5, 5.41) is 16.5. The summed E-state index contributed by atoms with van der Waals surface area (Å²) in [6.45, 7) is 4.61. The number of ether oxygens (including phenoxy) is 1. The van der Waals surface area contributed by atoms with E-state index in [2.05, 4.69) is 15.6 Å². The first-order valence-corrected chi connectivity index (χ1v) is 9.81. The lowest BCUT2D eigenvalue weighted by Crippen LogP contribution is -2.45. The maximum absolute atomic E-state index is 12.3. The Morgan fingerprint density at radius 1 is 1.36 bits per heavy atom. The molecule has 0 aromatic heterocycles. The molecule has 1 aliphatic carbocycles. The lowest BCUT2D eigenvalue weighted by atomic mass is 10.2. The number of amides is 1. The van der Waals surface area contributed by atoms with E-state index in [0.29, 0.717) is 38.0 Å². The minimum atomic E-state index is -0.620. The number of hydrogen-bond acceptors (Lipinski definition) is 4. The molecule has 1 saturated carbocycles. The van der Waals surface area contributed by atoms with E-state index < -0.39 is 6.10 Å². The fourth-order valence-corrected chi connectivity index (χ4v) is 3.08. The largest absolute Gasteiger partial charge is 0.389 e. The molecule has 8 heteroatoms. The van der Waals surface area contributed by atoms with Crippen LogP contribution in [-0.2, 0) is 9.53 Å². The quantitative estimate of drug-likeness (QED) is 0.272. The van der Waals surface area contributed by atoms with Crippen molar-refractivity contribution in [3.05, 3.63) is 30.3 Å². The first kappa shape index (κ1) is 22.9. The summed E-state index contributed by atoms with van der Waals surface area (Å²) in [5.74, 6) is 1.40. The van der Waals surface area contributed by atoms with Crippen LogP contribution in [-0.4, -0.2) is 62.0 Å². The van der Waals surface area contributed by atoms with Crippen molar-refractivity contribution in [2.75, 3.05) is 37.7 Å². The Labute approximate surface area is 183 Å². The number of aliphatic hydroxyl groups is 1. The van der Waals surface area contributed by atoms with Gasteiger partial charge in [0.15, 0.2) is 5.96 Å². The number of aliphatic hydroxyl groups excluding tert-OH is 1. The number of rotatable bonds is 9. The molecular formula is C20H31IN4O3. The van der Waals surface area contributed by atoms with Gasteiger partial charge in [-0.3, -0.25) is 9.79 Å². The summed E-state index contributed by atoms with van der Waals surface area (Å²) in [6, 6.07) is 9.67. The van der Waals surface area contributed by atoms with Crippen LogP contribution in [0.1, 0.15) is 26.2 Å². The number of carbonyl (C=O) groups excluding carboxylic acids is 1. The van der Waals surface area contributed by atoms with Crippen molar-refractivity contribution >= 4 is 41.5 Å². The molecule has 2 unspecified atom stereocenters. The van der Waals surface area contributed by atoms with Crippen LogP contribution in [0, 0.1) is 5.92 Å². The van der Waals surface area contributed by atoms with E-state index in [4.69, 9.17) is 4.74 Å². The third-order valence-electron chi connectivity index (χ3n) is 4.70. The van der Waals surface area contributed by atoms with Gasteiger partial charge in [0.1, 0.15) is 0 Å². The molecule has 0 spiro atoms. The van der Waals surface area contributed by atoms with Gasteiger partial charge in [0.2, 0.25) is 5.91 Å². The second kappa shape index (κ2) is 11.6. The number of benzene rings is 1. The van der Waals surface area contributed by atoms with Crippen molar-refractivity contribution in [3.63, 3.8) is 0 Å². The number of hydrogen-bond donors (Lipinski definition) is 3. The highest BCUT2D eigenvalue weighted by atomic mass is 127.